The predicted octanol–water partition coefficient (Wildman–Crippen LogP) is 3.71. The minimum Gasteiger partial charge on any atom is -0.444 e. The number of carbonyl (C=O) groups is 1. The van der Waals surface area contributed by atoms with Crippen LogP contribution in [-0.4, -0.2) is 24.3 Å². The van der Waals surface area contributed by atoms with Gasteiger partial charge in [0, 0.05) is 11.2 Å². The quantitative estimate of drug-likeness (QED) is 0.890. The molecule has 1 aromatic carbocycles. The van der Waals surface area contributed by atoms with Crippen LogP contribution in [0.3, 0.4) is 0 Å². The van der Waals surface area contributed by atoms with Crippen molar-refractivity contribution >= 4 is 11.8 Å². The zero-order valence-electron chi connectivity index (χ0n) is 13.6. The highest BCUT2D eigenvalue weighted by molar-refractivity contribution is 5.84. The average molecular weight is 296 g/mol. The van der Waals surface area contributed by atoms with E-state index in [4.69, 9.17) is 4.74 Å². The molecule has 21 heavy (non-hydrogen) atoms. The van der Waals surface area contributed by atoms with Gasteiger partial charge in [0.15, 0.2) is 0 Å². The third-order valence-electron chi connectivity index (χ3n) is 3.01. The molecule has 5 heteroatoms. The summed E-state index contributed by atoms with van der Waals surface area (Å²) in [5, 5.41) is 5.66. The molecular formula is C16H25FN2O2. The number of likely N-dealkylation sites (N-methyl/N-ethyl adjacent to an activating group) is 1. The molecule has 0 aliphatic rings. The van der Waals surface area contributed by atoms with Gasteiger partial charge in [0.05, 0.1) is 0 Å². The van der Waals surface area contributed by atoms with E-state index in [-0.39, 0.29) is 11.4 Å². The summed E-state index contributed by atoms with van der Waals surface area (Å²) in [6.45, 7) is 9.32. The fraction of sp³-hybridized carbons (Fsp3) is 0.562. The second kappa shape index (κ2) is 6.43. The first kappa shape index (κ1) is 17.4. The summed E-state index contributed by atoms with van der Waals surface area (Å²) in [5.74, 6) is -0.341. The largest absolute Gasteiger partial charge is 0.444 e. The van der Waals surface area contributed by atoms with Crippen LogP contribution in [0.1, 0.15) is 40.2 Å². The molecule has 0 heterocycles. The number of rotatable bonds is 4. The van der Waals surface area contributed by atoms with Crippen molar-refractivity contribution in [1.29, 1.82) is 0 Å². The van der Waals surface area contributed by atoms with Crippen molar-refractivity contribution in [2.24, 2.45) is 0 Å². The Morgan fingerprint density at radius 1 is 1.24 bits per heavy atom. The Balaban J connectivity index is 2.77. The maximum Gasteiger partial charge on any atom is 0.412 e. The van der Waals surface area contributed by atoms with E-state index in [2.05, 4.69) is 10.6 Å². The monoisotopic (exact) mass is 296 g/mol. The average Bonchev–Trinajstić information content (AvgIpc) is 2.30. The summed E-state index contributed by atoms with van der Waals surface area (Å²) < 4.78 is 19.2. The Morgan fingerprint density at radius 2 is 1.86 bits per heavy atom. The highest BCUT2D eigenvalue weighted by atomic mass is 19.1. The molecular weight excluding hydrogens is 271 g/mol. The minimum atomic E-state index is -0.592. The zero-order chi connectivity index (χ0) is 16.3. The lowest BCUT2D eigenvalue weighted by atomic mass is 9.95. The number of nitrogens with one attached hydrogen (secondary N) is 2. The molecule has 2 N–H and O–H groups in total. The molecule has 1 amide bonds. The van der Waals surface area contributed by atoms with Crippen LogP contribution in [-0.2, 0) is 11.2 Å². The van der Waals surface area contributed by atoms with Crippen LogP contribution in [0.5, 0.6) is 0 Å². The van der Waals surface area contributed by atoms with E-state index in [1.54, 1.807) is 32.9 Å². The number of anilines is 1. The summed E-state index contributed by atoms with van der Waals surface area (Å²) in [6, 6.07) is 4.67. The van der Waals surface area contributed by atoms with Crippen LogP contribution >= 0.6 is 0 Å². The maximum atomic E-state index is 14.1. The van der Waals surface area contributed by atoms with Gasteiger partial charge in [0.25, 0.3) is 0 Å². The van der Waals surface area contributed by atoms with E-state index in [9.17, 15) is 9.18 Å². The molecule has 0 bridgehead atoms. The number of ether oxygens (including phenoxy) is 1. The predicted molar refractivity (Wildman–Crippen MR) is 83.1 cm³/mol. The summed E-state index contributed by atoms with van der Waals surface area (Å²) >= 11 is 0. The Morgan fingerprint density at radius 3 is 2.33 bits per heavy atom. The number of benzene rings is 1. The van der Waals surface area contributed by atoms with E-state index < -0.39 is 11.7 Å². The lowest BCUT2D eigenvalue weighted by molar-refractivity contribution is 0.0636. The lowest BCUT2D eigenvalue weighted by Gasteiger charge is -2.24. The van der Waals surface area contributed by atoms with Crippen LogP contribution in [0.2, 0.25) is 0 Å². The van der Waals surface area contributed by atoms with E-state index in [1.165, 1.54) is 6.07 Å². The third kappa shape index (κ3) is 6.12. The topological polar surface area (TPSA) is 50.4 Å². The fourth-order valence-electron chi connectivity index (χ4n) is 1.75. The second-order valence-electron chi connectivity index (χ2n) is 6.74. The first-order valence-corrected chi connectivity index (χ1v) is 7.00. The van der Waals surface area contributed by atoms with Gasteiger partial charge in [-0.1, -0.05) is 6.07 Å². The molecule has 0 atom stereocenters. The van der Waals surface area contributed by atoms with Crippen LogP contribution in [0.15, 0.2) is 18.2 Å². The van der Waals surface area contributed by atoms with E-state index >= 15 is 0 Å². The van der Waals surface area contributed by atoms with E-state index in [0.29, 0.717) is 17.7 Å². The van der Waals surface area contributed by atoms with Crippen molar-refractivity contribution in [1.82, 2.24) is 5.32 Å². The fourth-order valence-corrected chi connectivity index (χ4v) is 1.75. The molecule has 0 saturated carbocycles. The Bertz CT molecular complexity index is 507. The molecule has 118 valence electrons. The normalized spacial score (nSPS) is 12.1. The molecule has 4 nitrogen and oxygen atoms in total. The smallest absolute Gasteiger partial charge is 0.412 e. The van der Waals surface area contributed by atoms with Gasteiger partial charge in [-0.25, -0.2) is 9.18 Å². The molecule has 0 unspecified atom stereocenters. The van der Waals surface area contributed by atoms with Gasteiger partial charge < -0.3 is 10.1 Å². The van der Waals surface area contributed by atoms with Gasteiger partial charge >= 0.3 is 6.09 Å². The lowest BCUT2D eigenvalue weighted by Crippen LogP contribution is -2.38. The molecule has 1 rings (SSSR count). The van der Waals surface area contributed by atoms with Crippen molar-refractivity contribution in [3.63, 3.8) is 0 Å². The van der Waals surface area contributed by atoms with Crippen molar-refractivity contribution in [3.8, 4) is 0 Å². The van der Waals surface area contributed by atoms with Crippen molar-refractivity contribution in [2.75, 3.05) is 12.4 Å². The van der Waals surface area contributed by atoms with Crippen LogP contribution in [0.25, 0.3) is 0 Å². The van der Waals surface area contributed by atoms with Gasteiger partial charge in [0.2, 0.25) is 0 Å². The summed E-state index contributed by atoms with van der Waals surface area (Å²) in [7, 11) is 1.84. The number of halogens is 1. The maximum absolute atomic E-state index is 14.1. The highest BCUT2D eigenvalue weighted by Gasteiger charge is 2.19. The molecule has 1 aromatic rings. The number of hydrogen-bond donors (Lipinski definition) is 2. The van der Waals surface area contributed by atoms with Crippen LogP contribution < -0.4 is 10.6 Å². The molecule has 0 fully saturated rings. The van der Waals surface area contributed by atoms with E-state index in [0.717, 1.165) is 0 Å². The van der Waals surface area contributed by atoms with Crippen molar-refractivity contribution in [3.05, 3.63) is 29.6 Å². The Kier molecular flexibility index (Phi) is 5.34. The van der Waals surface area contributed by atoms with Gasteiger partial charge in [-0.05, 0) is 65.8 Å². The second-order valence-corrected chi connectivity index (χ2v) is 6.74. The molecule has 0 spiro atoms. The van der Waals surface area contributed by atoms with Gasteiger partial charge in [-0.2, -0.15) is 0 Å². The standard InChI is InChI=1S/C16H25FN2O2/c1-15(2,3)21-14(20)19-12-8-7-11(13(17)9-12)10-16(4,5)18-6/h7-9,18H,10H2,1-6H3,(H,19,20). The minimum absolute atomic E-state index is 0.194. The van der Waals surface area contributed by atoms with Gasteiger partial charge in [-0.15, -0.1) is 0 Å². The van der Waals surface area contributed by atoms with Crippen molar-refractivity contribution in [2.45, 2.75) is 52.2 Å². The first-order valence-electron chi connectivity index (χ1n) is 7.00. The zero-order valence-corrected chi connectivity index (χ0v) is 13.6. The third-order valence-corrected chi connectivity index (χ3v) is 3.01. The highest BCUT2D eigenvalue weighted by Crippen LogP contribution is 2.20. The van der Waals surface area contributed by atoms with Gasteiger partial charge in [0.1, 0.15) is 11.4 Å². The SMILES string of the molecule is CNC(C)(C)Cc1ccc(NC(=O)OC(C)(C)C)cc1F. The number of carbonyl (C=O) groups excluding carboxylic acids is 1. The molecule has 0 saturated heterocycles. The van der Waals surface area contributed by atoms with E-state index in [1.807, 2.05) is 20.9 Å². The Hall–Kier alpha value is -1.62. The first-order chi connectivity index (χ1) is 9.52. The van der Waals surface area contributed by atoms with Crippen LogP contribution in [0.4, 0.5) is 14.9 Å². The molecule has 0 radical (unpaired) electrons. The van der Waals surface area contributed by atoms with Crippen molar-refractivity contribution < 1.29 is 13.9 Å². The molecule has 0 aliphatic heterocycles. The summed E-state index contributed by atoms with van der Waals surface area (Å²) in [5.41, 5.74) is 0.206. The number of hydrogen-bond acceptors (Lipinski definition) is 3. The molecule has 0 aliphatic carbocycles. The van der Waals surface area contributed by atoms with Crippen LogP contribution in [0, 0.1) is 5.82 Å². The Labute approximate surface area is 126 Å². The van der Waals surface area contributed by atoms with Gasteiger partial charge in [-0.3, -0.25) is 5.32 Å². The summed E-state index contributed by atoms with van der Waals surface area (Å²) in [6.07, 6.45) is -0.0348. The molecule has 0 aromatic heterocycles. The number of amides is 1. The summed E-state index contributed by atoms with van der Waals surface area (Å²) in [4.78, 5) is 11.6.